The number of benzene rings is 2. The van der Waals surface area contributed by atoms with Crippen molar-refractivity contribution in [1.29, 1.82) is 0 Å². The van der Waals surface area contributed by atoms with E-state index in [4.69, 9.17) is 4.74 Å². The minimum absolute atomic E-state index is 0.688. The van der Waals surface area contributed by atoms with Gasteiger partial charge in [0.25, 0.3) is 0 Å². The Morgan fingerprint density at radius 3 is 2.68 bits per heavy atom. The van der Waals surface area contributed by atoms with Gasteiger partial charge < -0.3 is 10.1 Å². The molecule has 19 heavy (non-hydrogen) atoms. The Morgan fingerprint density at radius 2 is 1.89 bits per heavy atom. The third kappa shape index (κ3) is 2.45. The predicted molar refractivity (Wildman–Crippen MR) is 79.9 cm³/mol. The molecular formula is C17H21NO. The molecule has 2 atom stereocenters. The van der Waals surface area contributed by atoms with Gasteiger partial charge in [-0.05, 0) is 59.8 Å². The SMILES string of the molecule is COc1ccc2cc(C3CCNCC3C)ccc2c1. The zero-order valence-corrected chi connectivity index (χ0v) is 11.6. The van der Waals surface area contributed by atoms with Gasteiger partial charge in [0.2, 0.25) is 0 Å². The topological polar surface area (TPSA) is 21.3 Å². The van der Waals surface area contributed by atoms with Crippen LogP contribution in [0.4, 0.5) is 0 Å². The minimum Gasteiger partial charge on any atom is -0.497 e. The first-order chi connectivity index (χ1) is 9.28. The van der Waals surface area contributed by atoms with Crippen molar-refractivity contribution in [2.45, 2.75) is 19.3 Å². The van der Waals surface area contributed by atoms with Gasteiger partial charge in [0, 0.05) is 0 Å². The molecule has 2 aromatic rings. The molecule has 3 rings (SSSR count). The molecule has 2 heteroatoms. The predicted octanol–water partition coefficient (Wildman–Crippen LogP) is 3.56. The van der Waals surface area contributed by atoms with E-state index >= 15 is 0 Å². The number of hydrogen-bond acceptors (Lipinski definition) is 2. The quantitative estimate of drug-likeness (QED) is 0.886. The summed E-state index contributed by atoms with van der Waals surface area (Å²) in [6.45, 7) is 4.61. The van der Waals surface area contributed by atoms with E-state index in [1.807, 2.05) is 6.07 Å². The van der Waals surface area contributed by atoms with Crippen LogP contribution in [0.3, 0.4) is 0 Å². The van der Waals surface area contributed by atoms with Crippen LogP contribution < -0.4 is 10.1 Å². The van der Waals surface area contributed by atoms with Gasteiger partial charge in [0.1, 0.15) is 5.75 Å². The van der Waals surface area contributed by atoms with Crippen molar-refractivity contribution in [2.24, 2.45) is 5.92 Å². The summed E-state index contributed by atoms with van der Waals surface area (Å²) in [6.07, 6.45) is 1.24. The van der Waals surface area contributed by atoms with Gasteiger partial charge in [-0.25, -0.2) is 0 Å². The van der Waals surface area contributed by atoms with Gasteiger partial charge in [0.15, 0.2) is 0 Å². The largest absolute Gasteiger partial charge is 0.497 e. The lowest BCUT2D eigenvalue weighted by atomic mass is 9.82. The molecule has 1 aliphatic rings. The van der Waals surface area contributed by atoms with Crippen LogP contribution in [-0.2, 0) is 0 Å². The first kappa shape index (κ1) is 12.5. The third-order valence-corrected chi connectivity index (χ3v) is 4.28. The van der Waals surface area contributed by atoms with E-state index in [2.05, 4.69) is 42.6 Å². The van der Waals surface area contributed by atoms with Crippen LogP contribution in [0.2, 0.25) is 0 Å². The molecule has 1 saturated heterocycles. The molecule has 0 saturated carbocycles. The zero-order valence-electron chi connectivity index (χ0n) is 11.6. The number of hydrogen-bond donors (Lipinski definition) is 1. The highest BCUT2D eigenvalue weighted by molar-refractivity contribution is 5.84. The van der Waals surface area contributed by atoms with Crippen LogP contribution >= 0.6 is 0 Å². The number of fused-ring (bicyclic) bond motifs is 1. The van der Waals surface area contributed by atoms with E-state index in [9.17, 15) is 0 Å². The van der Waals surface area contributed by atoms with E-state index < -0.39 is 0 Å². The molecule has 100 valence electrons. The van der Waals surface area contributed by atoms with Gasteiger partial charge >= 0.3 is 0 Å². The Hall–Kier alpha value is -1.54. The molecule has 1 heterocycles. The maximum Gasteiger partial charge on any atom is 0.119 e. The lowest BCUT2D eigenvalue weighted by Gasteiger charge is -2.30. The molecule has 1 fully saturated rings. The second-order valence-corrected chi connectivity index (χ2v) is 5.55. The van der Waals surface area contributed by atoms with Gasteiger partial charge in [0.05, 0.1) is 7.11 Å². The zero-order chi connectivity index (χ0) is 13.2. The van der Waals surface area contributed by atoms with Crippen LogP contribution in [0.25, 0.3) is 10.8 Å². The summed E-state index contributed by atoms with van der Waals surface area (Å²) >= 11 is 0. The maximum absolute atomic E-state index is 5.28. The van der Waals surface area contributed by atoms with Gasteiger partial charge in [-0.3, -0.25) is 0 Å². The van der Waals surface area contributed by atoms with Crippen LogP contribution in [0.1, 0.15) is 24.8 Å². The Balaban J connectivity index is 1.97. The lowest BCUT2D eigenvalue weighted by Crippen LogP contribution is -2.33. The summed E-state index contributed by atoms with van der Waals surface area (Å²) in [5.41, 5.74) is 1.48. The fraction of sp³-hybridized carbons (Fsp3) is 0.412. The molecule has 0 spiro atoms. The molecule has 0 aliphatic carbocycles. The van der Waals surface area contributed by atoms with Crippen molar-refractivity contribution in [1.82, 2.24) is 5.32 Å². The highest BCUT2D eigenvalue weighted by atomic mass is 16.5. The van der Waals surface area contributed by atoms with Crippen molar-refractivity contribution in [3.05, 3.63) is 42.0 Å². The Bertz CT molecular complexity index is 578. The minimum atomic E-state index is 0.688. The number of piperidine rings is 1. The van der Waals surface area contributed by atoms with Gasteiger partial charge in [-0.15, -0.1) is 0 Å². The first-order valence-corrected chi connectivity index (χ1v) is 7.06. The molecule has 0 amide bonds. The molecule has 2 nitrogen and oxygen atoms in total. The highest BCUT2D eigenvalue weighted by Gasteiger charge is 2.22. The molecule has 2 aromatic carbocycles. The lowest BCUT2D eigenvalue weighted by molar-refractivity contribution is 0.350. The molecule has 1 aliphatic heterocycles. The van der Waals surface area contributed by atoms with E-state index in [1.54, 1.807) is 7.11 Å². The second kappa shape index (κ2) is 5.22. The number of nitrogens with one attached hydrogen (secondary N) is 1. The monoisotopic (exact) mass is 255 g/mol. The fourth-order valence-corrected chi connectivity index (χ4v) is 3.11. The van der Waals surface area contributed by atoms with Crippen molar-refractivity contribution in [2.75, 3.05) is 20.2 Å². The van der Waals surface area contributed by atoms with Crippen LogP contribution in [0.15, 0.2) is 36.4 Å². The van der Waals surface area contributed by atoms with E-state index in [0.717, 1.165) is 18.8 Å². The average molecular weight is 255 g/mol. The summed E-state index contributed by atoms with van der Waals surface area (Å²) in [5, 5.41) is 6.03. The third-order valence-electron chi connectivity index (χ3n) is 4.28. The summed E-state index contributed by atoms with van der Waals surface area (Å²) < 4.78 is 5.28. The van der Waals surface area contributed by atoms with Crippen LogP contribution in [0, 0.1) is 5.92 Å². The van der Waals surface area contributed by atoms with E-state index in [-0.39, 0.29) is 0 Å². The van der Waals surface area contributed by atoms with Crippen LogP contribution in [0.5, 0.6) is 5.75 Å². The Kier molecular flexibility index (Phi) is 3.43. The van der Waals surface area contributed by atoms with Gasteiger partial charge in [-0.2, -0.15) is 0 Å². The summed E-state index contributed by atoms with van der Waals surface area (Å²) in [6, 6.07) is 13.2. The number of rotatable bonds is 2. The molecule has 1 N–H and O–H groups in total. The second-order valence-electron chi connectivity index (χ2n) is 5.55. The Morgan fingerprint density at radius 1 is 1.11 bits per heavy atom. The smallest absolute Gasteiger partial charge is 0.119 e. The summed E-state index contributed by atoms with van der Waals surface area (Å²) in [4.78, 5) is 0. The average Bonchev–Trinajstić information content (AvgIpc) is 2.46. The highest BCUT2D eigenvalue weighted by Crippen LogP contribution is 2.32. The molecule has 2 unspecified atom stereocenters. The Labute approximate surface area is 114 Å². The maximum atomic E-state index is 5.28. The van der Waals surface area contributed by atoms with E-state index in [0.29, 0.717) is 11.8 Å². The van der Waals surface area contributed by atoms with Crippen molar-refractivity contribution in [3.63, 3.8) is 0 Å². The number of methoxy groups -OCH3 is 1. The normalized spacial score (nSPS) is 23.5. The van der Waals surface area contributed by atoms with E-state index in [1.165, 1.54) is 22.8 Å². The molecule has 0 aromatic heterocycles. The molecular weight excluding hydrogens is 234 g/mol. The molecule has 0 radical (unpaired) electrons. The molecule has 0 bridgehead atoms. The van der Waals surface area contributed by atoms with Crippen molar-refractivity contribution in [3.8, 4) is 5.75 Å². The fourth-order valence-electron chi connectivity index (χ4n) is 3.11. The summed E-state index contributed by atoms with van der Waals surface area (Å²) in [5.74, 6) is 2.33. The van der Waals surface area contributed by atoms with Gasteiger partial charge in [-0.1, -0.05) is 31.2 Å². The van der Waals surface area contributed by atoms with Crippen molar-refractivity contribution >= 4 is 10.8 Å². The standard InChI is InChI=1S/C17H21NO/c1-12-11-18-8-7-17(12)15-4-3-14-10-16(19-2)6-5-13(14)9-15/h3-6,9-10,12,17-18H,7-8,11H2,1-2H3. The van der Waals surface area contributed by atoms with Crippen LogP contribution in [-0.4, -0.2) is 20.2 Å². The van der Waals surface area contributed by atoms with Crippen molar-refractivity contribution < 1.29 is 4.74 Å². The first-order valence-electron chi connectivity index (χ1n) is 7.06. The summed E-state index contributed by atoms with van der Waals surface area (Å²) in [7, 11) is 1.71. The number of ether oxygens (including phenoxy) is 1.